The van der Waals surface area contributed by atoms with Crippen LogP contribution in [0.15, 0.2) is 0 Å². The van der Waals surface area contributed by atoms with Gasteiger partial charge in [0.05, 0.1) is 10.6 Å². The highest BCUT2D eigenvalue weighted by Crippen LogP contribution is 2.40. The van der Waals surface area contributed by atoms with Gasteiger partial charge in [0.15, 0.2) is 6.29 Å². The molecule has 0 radical (unpaired) electrons. The molecule has 22 heavy (non-hydrogen) atoms. The molecule has 3 N–H and O–H groups in total. The molecule has 0 saturated heterocycles. The molecule has 0 fully saturated rings. The van der Waals surface area contributed by atoms with E-state index >= 15 is 0 Å². The Morgan fingerprint density at radius 1 is 1.09 bits per heavy atom. The molecule has 122 valence electrons. The summed E-state index contributed by atoms with van der Waals surface area (Å²) in [6.07, 6.45) is 5.05. The molecule has 6 heteroatoms. The summed E-state index contributed by atoms with van der Waals surface area (Å²) < 4.78 is 0. The number of carboxylic acid groups (broad SMARTS) is 1. The first kappa shape index (κ1) is 18.3. The van der Waals surface area contributed by atoms with Crippen molar-refractivity contribution in [3.8, 4) is 11.5 Å². The van der Waals surface area contributed by atoms with Crippen molar-refractivity contribution in [3.63, 3.8) is 0 Å². The van der Waals surface area contributed by atoms with Gasteiger partial charge in [-0.3, -0.25) is 9.59 Å². The van der Waals surface area contributed by atoms with E-state index in [-0.39, 0.29) is 28.5 Å². The molecule has 5 nitrogen and oxygen atoms in total. The second-order valence-electron chi connectivity index (χ2n) is 5.31. The highest BCUT2D eigenvalue weighted by Gasteiger charge is 2.19. The van der Waals surface area contributed by atoms with Crippen LogP contribution in [0.4, 0.5) is 0 Å². The summed E-state index contributed by atoms with van der Waals surface area (Å²) in [5.74, 6) is -1.17. The lowest BCUT2D eigenvalue weighted by molar-refractivity contribution is -0.137. The number of carbonyl (C=O) groups is 2. The summed E-state index contributed by atoms with van der Waals surface area (Å²) >= 11 is 5.97. The molecular weight excluding hydrogens is 308 g/mol. The number of carboxylic acids is 1. The monoisotopic (exact) mass is 328 g/mol. The molecule has 0 bridgehead atoms. The number of aromatic hydroxyl groups is 2. The van der Waals surface area contributed by atoms with Gasteiger partial charge >= 0.3 is 5.97 Å². The summed E-state index contributed by atoms with van der Waals surface area (Å²) in [5, 5.41) is 28.7. The van der Waals surface area contributed by atoms with Crippen LogP contribution in [0.25, 0.3) is 0 Å². The van der Waals surface area contributed by atoms with Gasteiger partial charge in [0.1, 0.15) is 11.5 Å². The second kappa shape index (κ2) is 8.63. The number of carbonyl (C=O) groups excluding carboxylic acids is 1. The molecule has 0 aliphatic carbocycles. The number of aliphatic carboxylic acids is 1. The zero-order valence-electron chi connectivity index (χ0n) is 12.6. The van der Waals surface area contributed by atoms with E-state index in [1.54, 1.807) is 6.92 Å². The lowest BCUT2D eigenvalue weighted by atomic mass is 9.98. The third-order valence-electron chi connectivity index (χ3n) is 3.70. The Balaban J connectivity index is 2.58. The Morgan fingerprint density at radius 2 is 1.68 bits per heavy atom. The van der Waals surface area contributed by atoms with Crippen LogP contribution in [-0.4, -0.2) is 27.6 Å². The van der Waals surface area contributed by atoms with E-state index < -0.39 is 5.97 Å². The highest BCUT2D eigenvalue weighted by molar-refractivity contribution is 6.33. The predicted octanol–water partition coefficient (Wildman–Crippen LogP) is 3.84. The molecule has 1 aromatic rings. The van der Waals surface area contributed by atoms with Gasteiger partial charge in [0.2, 0.25) is 0 Å². The molecule has 0 atom stereocenters. The van der Waals surface area contributed by atoms with Crippen molar-refractivity contribution in [1.82, 2.24) is 0 Å². The normalized spacial score (nSPS) is 10.6. The summed E-state index contributed by atoms with van der Waals surface area (Å²) in [5.41, 5.74) is 0.770. The van der Waals surface area contributed by atoms with Gasteiger partial charge in [0.25, 0.3) is 0 Å². The minimum atomic E-state index is -0.787. The van der Waals surface area contributed by atoms with E-state index in [0.717, 1.165) is 19.3 Å². The van der Waals surface area contributed by atoms with Gasteiger partial charge in [-0.25, -0.2) is 0 Å². The van der Waals surface area contributed by atoms with E-state index in [4.69, 9.17) is 16.7 Å². The van der Waals surface area contributed by atoms with E-state index in [0.29, 0.717) is 36.7 Å². The third-order valence-corrected chi connectivity index (χ3v) is 4.17. The van der Waals surface area contributed by atoms with E-state index in [2.05, 4.69) is 0 Å². The van der Waals surface area contributed by atoms with Crippen LogP contribution in [0.3, 0.4) is 0 Å². The molecule has 0 amide bonds. The number of hydrogen-bond donors (Lipinski definition) is 3. The highest BCUT2D eigenvalue weighted by atomic mass is 35.5. The number of benzene rings is 1. The number of rotatable bonds is 9. The Morgan fingerprint density at radius 3 is 2.27 bits per heavy atom. The minimum Gasteiger partial charge on any atom is -0.507 e. The lowest BCUT2D eigenvalue weighted by Gasteiger charge is -2.13. The zero-order chi connectivity index (χ0) is 16.7. The van der Waals surface area contributed by atoms with Crippen LogP contribution in [0, 0.1) is 6.92 Å². The van der Waals surface area contributed by atoms with Crippen molar-refractivity contribution in [1.29, 1.82) is 0 Å². The number of halogens is 1. The molecule has 0 aliphatic heterocycles. The number of phenols is 2. The smallest absolute Gasteiger partial charge is 0.303 e. The van der Waals surface area contributed by atoms with Gasteiger partial charge in [-0.1, -0.05) is 30.9 Å². The average Bonchev–Trinajstić information content (AvgIpc) is 2.47. The molecule has 0 saturated carbocycles. The Bertz CT molecular complexity index is 554. The zero-order valence-corrected chi connectivity index (χ0v) is 13.3. The van der Waals surface area contributed by atoms with Crippen molar-refractivity contribution in [2.24, 2.45) is 0 Å². The van der Waals surface area contributed by atoms with Crippen LogP contribution in [0.2, 0.25) is 5.02 Å². The van der Waals surface area contributed by atoms with Crippen LogP contribution in [0.1, 0.15) is 60.0 Å². The van der Waals surface area contributed by atoms with Gasteiger partial charge in [-0.05, 0) is 31.7 Å². The van der Waals surface area contributed by atoms with Crippen LogP contribution in [0.5, 0.6) is 11.5 Å². The first-order valence-electron chi connectivity index (χ1n) is 7.30. The fraction of sp³-hybridized carbons (Fsp3) is 0.500. The van der Waals surface area contributed by atoms with Crippen LogP contribution < -0.4 is 0 Å². The standard InChI is InChI=1S/C16H21ClO5/c1-10-12(9-18)15(21)11(16(22)14(10)17)7-5-3-2-4-6-8-13(19)20/h9,21-22H,2-8H2,1H3,(H,19,20). The molecule has 0 heterocycles. The van der Waals surface area contributed by atoms with Crippen molar-refractivity contribution in [3.05, 3.63) is 21.7 Å². The fourth-order valence-electron chi connectivity index (χ4n) is 2.37. The quantitative estimate of drug-likeness (QED) is 0.473. The molecule has 0 aromatic heterocycles. The number of aldehydes is 1. The Kier molecular flexibility index (Phi) is 7.18. The molecule has 0 aliphatic rings. The topological polar surface area (TPSA) is 94.8 Å². The average molecular weight is 329 g/mol. The van der Waals surface area contributed by atoms with Gasteiger partial charge in [-0.2, -0.15) is 0 Å². The maximum Gasteiger partial charge on any atom is 0.303 e. The SMILES string of the molecule is Cc1c(Cl)c(O)c(CCCCCCCC(=O)O)c(O)c1C=O. The van der Waals surface area contributed by atoms with Crippen molar-refractivity contribution in [2.45, 2.75) is 51.9 Å². The number of phenolic OH excluding ortho intramolecular Hbond substituents is 2. The van der Waals surface area contributed by atoms with Crippen molar-refractivity contribution in [2.75, 3.05) is 0 Å². The fourth-order valence-corrected chi connectivity index (χ4v) is 2.59. The maximum atomic E-state index is 11.0. The van der Waals surface area contributed by atoms with Crippen molar-refractivity contribution < 1.29 is 24.9 Å². The summed E-state index contributed by atoms with van der Waals surface area (Å²) in [7, 11) is 0. The maximum absolute atomic E-state index is 11.0. The third kappa shape index (κ3) is 4.63. The lowest BCUT2D eigenvalue weighted by Crippen LogP contribution is -1.97. The first-order chi connectivity index (χ1) is 10.4. The van der Waals surface area contributed by atoms with Crippen LogP contribution >= 0.6 is 11.6 Å². The summed E-state index contributed by atoms with van der Waals surface area (Å²) in [4.78, 5) is 21.4. The Labute approximate surface area is 134 Å². The van der Waals surface area contributed by atoms with E-state index in [1.807, 2.05) is 0 Å². The van der Waals surface area contributed by atoms with Gasteiger partial charge in [-0.15, -0.1) is 0 Å². The second-order valence-corrected chi connectivity index (χ2v) is 5.69. The molecular formula is C16H21ClO5. The predicted molar refractivity (Wildman–Crippen MR) is 83.9 cm³/mol. The Hall–Kier alpha value is -1.75. The first-order valence-corrected chi connectivity index (χ1v) is 7.67. The number of unbranched alkanes of at least 4 members (excludes halogenated alkanes) is 4. The van der Waals surface area contributed by atoms with Gasteiger partial charge < -0.3 is 15.3 Å². The van der Waals surface area contributed by atoms with Crippen molar-refractivity contribution >= 4 is 23.9 Å². The summed E-state index contributed by atoms with van der Waals surface area (Å²) in [6, 6.07) is 0. The van der Waals surface area contributed by atoms with E-state index in [1.165, 1.54) is 0 Å². The van der Waals surface area contributed by atoms with Crippen LogP contribution in [-0.2, 0) is 11.2 Å². The minimum absolute atomic E-state index is 0.0939. The molecule has 0 spiro atoms. The van der Waals surface area contributed by atoms with Gasteiger partial charge in [0, 0.05) is 12.0 Å². The summed E-state index contributed by atoms with van der Waals surface area (Å²) in [6.45, 7) is 1.57. The molecule has 0 unspecified atom stereocenters. The molecule has 1 rings (SSSR count). The molecule has 1 aromatic carbocycles. The van der Waals surface area contributed by atoms with E-state index in [9.17, 15) is 19.8 Å². The number of hydrogen-bond acceptors (Lipinski definition) is 4. The largest absolute Gasteiger partial charge is 0.507 e.